The molecule has 0 radical (unpaired) electrons. The molecule has 7 nitrogen and oxygen atoms in total. The second-order valence-electron chi connectivity index (χ2n) is 6.30. The molecule has 0 aliphatic rings. The highest BCUT2D eigenvalue weighted by atomic mass is 32.1. The molecule has 0 aliphatic heterocycles. The second-order valence-corrected chi connectivity index (χ2v) is 7.30. The van der Waals surface area contributed by atoms with Crippen LogP contribution in [0.3, 0.4) is 0 Å². The molecule has 0 spiro atoms. The highest BCUT2D eigenvalue weighted by Crippen LogP contribution is 2.38. The Kier molecular flexibility index (Phi) is 5.49. The molecule has 0 atom stereocenters. The molecule has 4 rings (SSSR count). The summed E-state index contributed by atoms with van der Waals surface area (Å²) in [7, 11) is 0. The zero-order valence-electron chi connectivity index (χ0n) is 15.6. The number of hydrogen-bond donors (Lipinski definition) is 2. The van der Waals surface area contributed by atoms with Crippen LogP contribution < -0.4 is 5.43 Å². The summed E-state index contributed by atoms with van der Waals surface area (Å²) in [4.78, 5) is 16.0. The number of rotatable bonds is 6. The average Bonchev–Trinajstić information content (AvgIpc) is 3.20. The maximum atomic E-state index is 11.0. The molecule has 0 fully saturated rings. The van der Waals surface area contributed by atoms with Crippen LogP contribution in [-0.4, -0.2) is 21.2 Å². The predicted molar refractivity (Wildman–Crippen MR) is 119 cm³/mol. The van der Waals surface area contributed by atoms with Crippen LogP contribution >= 0.6 is 11.3 Å². The highest BCUT2D eigenvalue weighted by molar-refractivity contribution is 7.19. The Labute approximate surface area is 176 Å². The molecule has 1 aromatic heterocycles. The zero-order chi connectivity index (χ0) is 20.9. The van der Waals surface area contributed by atoms with Gasteiger partial charge in [0.1, 0.15) is 0 Å². The number of nitro groups is 1. The summed E-state index contributed by atoms with van der Waals surface area (Å²) in [6, 6.07) is 23.9. The zero-order valence-corrected chi connectivity index (χ0v) is 16.4. The standard InChI is InChI=1S/C22H16N4O3S/c27-19-12-11-15(13-18(19)26(28)29)14-23-25-22-24-20(16-7-3-1-4-8-16)21(30-22)17-9-5-2-6-10-17/h1-14,27H,(H,24,25). The first-order valence-corrected chi connectivity index (χ1v) is 9.81. The largest absolute Gasteiger partial charge is 0.502 e. The monoisotopic (exact) mass is 416 g/mol. The quantitative estimate of drug-likeness (QED) is 0.244. The minimum atomic E-state index is -0.640. The number of hydrogen-bond acceptors (Lipinski definition) is 7. The maximum absolute atomic E-state index is 11.0. The maximum Gasteiger partial charge on any atom is 0.311 e. The van der Waals surface area contributed by atoms with Gasteiger partial charge in [0, 0.05) is 17.2 Å². The first-order chi connectivity index (χ1) is 14.6. The Hall–Kier alpha value is -4.04. The number of benzene rings is 3. The number of nitro benzene ring substituents is 1. The molecule has 0 saturated carbocycles. The Bertz CT molecular complexity index is 1150. The summed E-state index contributed by atoms with van der Waals surface area (Å²) in [5.74, 6) is -0.384. The predicted octanol–water partition coefficient (Wildman–Crippen LogP) is 5.54. The van der Waals surface area contributed by atoms with Crippen LogP contribution in [0.25, 0.3) is 21.7 Å². The van der Waals surface area contributed by atoms with Crippen LogP contribution in [0.1, 0.15) is 5.56 Å². The van der Waals surface area contributed by atoms with Gasteiger partial charge in [-0.3, -0.25) is 15.5 Å². The first kappa shape index (κ1) is 19.3. The molecule has 3 aromatic carbocycles. The van der Waals surface area contributed by atoms with E-state index >= 15 is 0 Å². The molecule has 0 aliphatic carbocycles. The summed E-state index contributed by atoms with van der Waals surface area (Å²) in [5.41, 5.74) is 5.92. The van der Waals surface area contributed by atoms with E-state index in [1.54, 1.807) is 6.07 Å². The molecule has 2 N–H and O–H groups in total. The SMILES string of the molecule is O=[N+]([O-])c1cc(C=NNc2nc(-c3ccccc3)c(-c3ccccc3)s2)ccc1O. The van der Waals surface area contributed by atoms with E-state index < -0.39 is 4.92 Å². The number of nitrogens with one attached hydrogen (secondary N) is 1. The van der Waals surface area contributed by atoms with E-state index in [2.05, 4.69) is 10.5 Å². The number of anilines is 1. The first-order valence-electron chi connectivity index (χ1n) is 9.00. The lowest BCUT2D eigenvalue weighted by Crippen LogP contribution is -1.93. The van der Waals surface area contributed by atoms with E-state index in [0.29, 0.717) is 10.7 Å². The van der Waals surface area contributed by atoms with Crippen LogP contribution in [0.2, 0.25) is 0 Å². The highest BCUT2D eigenvalue weighted by Gasteiger charge is 2.15. The fraction of sp³-hybridized carbons (Fsp3) is 0. The van der Waals surface area contributed by atoms with Crippen molar-refractivity contribution >= 4 is 28.4 Å². The van der Waals surface area contributed by atoms with Gasteiger partial charge in [-0.25, -0.2) is 4.98 Å². The Morgan fingerprint density at radius 2 is 1.67 bits per heavy atom. The second kappa shape index (κ2) is 8.54. The average molecular weight is 416 g/mol. The molecule has 0 amide bonds. The fourth-order valence-electron chi connectivity index (χ4n) is 2.87. The minimum absolute atomic E-state index is 0.370. The van der Waals surface area contributed by atoms with E-state index in [-0.39, 0.29) is 11.4 Å². The summed E-state index contributed by atoms with van der Waals surface area (Å²) in [6.07, 6.45) is 1.44. The molecular formula is C22H16N4O3S. The lowest BCUT2D eigenvalue weighted by molar-refractivity contribution is -0.385. The van der Waals surface area contributed by atoms with Gasteiger partial charge in [-0.2, -0.15) is 5.10 Å². The van der Waals surface area contributed by atoms with Crippen LogP contribution in [0, 0.1) is 10.1 Å². The molecule has 0 unspecified atom stereocenters. The van der Waals surface area contributed by atoms with Crippen LogP contribution in [0.4, 0.5) is 10.8 Å². The van der Waals surface area contributed by atoms with Gasteiger partial charge in [0.2, 0.25) is 5.13 Å². The van der Waals surface area contributed by atoms with Gasteiger partial charge in [0.15, 0.2) is 5.75 Å². The van der Waals surface area contributed by atoms with E-state index in [1.807, 2.05) is 60.7 Å². The topological polar surface area (TPSA) is 101 Å². The van der Waals surface area contributed by atoms with Gasteiger partial charge in [-0.05, 0) is 17.7 Å². The summed E-state index contributed by atoms with van der Waals surface area (Å²) in [6.45, 7) is 0. The van der Waals surface area contributed by atoms with Crippen molar-refractivity contribution in [2.75, 3.05) is 5.43 Å². The van der Waals surface area contributed by atoms with Gasteiger partial charge in [-0.1, -0.05) is 72.0 Å². The van der Waals surface area contributed by atoms with Crippen molar-refractivity contribution in [3.63, 3.8) is 0 Å². The molecule has 0 saturated heterocycles. The lowest BCUT2D eigenvalue weighted by Gasteiger charge is -2.02. The summed E-state index contributed by atoms with van der Waals surface area (Å²) in [5, 5.41) is 25.3. The fourth-order valence-corrected chi connectivity index (χ4v) is 3.82. The van der Waals surface area contributed by atoms with Crippen LogP contribution in [-0.2, 0) is 0 Å². The van der Waals surface area contributed by atoms with Crippen molar-refractivity contribution in [1.82, 2.24) is 4.98 Å². The third kappa shape index (κ3) is 4.18. The number of phenols is 1. The van der Waals surface area contributed by atoms with Crippen molar-refractivity contribution in [3.8, 4) is 27.4 Å². The van der Waals surface area contributed by atoms with Crippen molar-refractivity contribution in [2.45, 2.75) is 0 Å². The molecule has 148 valence electrons. The minimum Gasteiger partial charge on any atom is -0.502 e. The van der Waals surface area contributed by atoms with E-state index in [1.165, 1.54) is 29.7 Å². The Morgan fingerprint density at radius 1 is 1.00 bits per heavy atom. The normalized spacial score (nSPS) is 10.9. The van der Waals surface area contributed by atoms with Crippen molar-refractivity contribution in [3.05, 3.63) is 94.5 Å². The van der Waals surface area contributed by atoms with E-state index in [9.17, 15) is 15.2 Å². The van der Waals surface area contributed by atoms with Crippen molar-refractivity contribution in [1.29, 1.82) is 0 Å². The number of aromatic nitrogens is 1. The van der Waals surface area contributed by atoms with Crippen LogP contribution in [0.5, 0.6) is 5.75 Å². The molecule has 0 bridgehead atoms. The Balaban J connectivity index is 1.63. The third-order valence-electron chi connectivity index (χ3n) is 4.28. The smallest absolute Gasteiger partial charge is 0.311 e. The van der Waals surface area contributed by atoms with Gasteiger partial charge in [-0.15, -0.1) is 0 Å². The molecule has 30 heavy (non-hydrogen) atoms. The van der Waals surface area contributed by atoms with E-state index in [0.717, 1.165) is 21.7 Å². The van der Waals surface area contributed by atoms with Gasteiger partial charge >= 0.3 is 5.69 Å². The number of aromatic hydroxyl groups is 1. The number of phenolic OH excluding ortho intramolecular Hbond substituents is 1. The molecular weight excluding hydrogens is 400 g/mol. The number of nitrogens with zero attached hydrogens (tertiary/aromatic N) is 3. The van der Waals surface area contributed by atoms with E-state index in [4.69, 9.17) is 4.98 Å². The van der Waals surface area contributed by atoms with Gasteiger partial charge < -0.3 is 5.11 Å². The van der Waals surface area contributed by atoms with Crippen molar-refractivity contribution in [2.24, 2.45) is 5.10 Å². The molecule has 4 aromatic rings. The van der Waals surface area contributed by atoms with Gasteiger partial charge in [0.05, 0.1) is 21.7 Å². The van der Waals surface area contributed by atoms with Crippen LogP contribution in [0.15, 0.2) is 84.0 Å². The third-order valence-corrected chi connectivity index (χ3v) is 5.29. The van der Waals surface area contributed by atoms with Crippen molar-refractivity contribution < 1.29 is 10.0 Å². The Morgan fingerprint density at radius 3 is 2.33 bits per heavy atom. The number of thiazole rings is 1. The summed E-state index contributed by atoms with van der Waals surface area (Å²) >= 11 is 1.47. The summed E-state index contributed by atoms with van der Waals surface area (Å²) < 4.78 is 0. The lowest BCUT2D eigenvalue weighted by atomic mass is 10.1. The number of hydrazone groups is 1. The molecule has 1 heterocycles. The molecule has 8 heteroatoms. The van der Waals surface area contributed by atoms with Gasteiger partial charge in [0.25, 0.3) is 0 Å².